The number of likely N-dealkylation sites (tertiary alicyclic amines) is 1. The van der Waals surface area contributed by atoms with Crippen molar-refractivity contribution in [2.45, 2.75) is 19.8 Å². The Morgan fingerprint density at radius 2 is 2.00 bits per heavy atom. The highest BCUT2D eigenvalue weighted by molar-refractivity contribution is 6.00. The van der Waals surface area contributed by atoms with Crippen LogP contribution in [0.1, 0.15) is 30.1 Å². The molecule has 3 rings (SSSR count). The fourth-order valence-electron chi connectivity index (χ4n) is 3.41. The van der Waals surface area contributed by atoms with E-state index in [2.05, 4.69) is 11.0 Å². The Balaban J connectivity index is 1.84. The van der Waals surface area contributed by atoms with E-state index in [4.69, 9.17) is 4.74 Å². The van der Waals surface area contributed by atoms with Crippen LogP contribution in [0.15, 0.2) is 24.3 Å². The Morgan fingerprint density at radius 3 is 2.74 bits per heavy atom. The van der Waals surface area contributed by atoms with Crippen molar-refractivity contribution in [3.8, 4) is 6.07 Å². The molecular weight excluding hydrogens is 290 g/mol. The third kappa shape index (κ3) is 3.32. The van der Waals surface area contributed by atoms with Crippen LogP contribution in [0.4, 0.5) is 5.69 Å². The highest BCUT2D eigenvalue weighted by Crippen LogP contribution is 2.31. The van der Waals surface area contributed by atoms with Gasteiger partial charge in [-0.05, 0) is 31.9 Å². The molecule has 2 fully saturated rings. The first-order chi connectivity index (χ1) is 11.1. The fourth-order valence-corrected chi connectivity index (χ4v) is 3.41. The number of rotatable bonds is 2. The molecule has 2 heterocycles. The number of ether oxygens (including phenoxy) is 1. The fraction of sp³-hybridized carbons (Fsp3) is 0.556. The number of anilines is 1. The Kier molecular flexibility index (Phi) is 4.53. The van der Waals surface area contributed by atoms with Gasteiger partial charge in [0.1, 0.15) is 0 Å². The van der Waals surface area contributed by atoms with Crippen molar-refractivity contribution in [2.24, 2.45) is 5.41 Å². The zero-order chi connectivity index (χ0) is 16.3. The summed E-state index contributed by atoms with van der Waals surface area (Å²) in [5.41, 5.74) is 1.28. The minimum absolute atomic E-state index is 0.0354. The molecule has 2 saturated heterocycles. The number of piperidine rings is 1. The van der Waals surface area contributed by atoms with Gasteiger partial charge in [-0.15, -0.1) is 0 Å². The van der Waals surface area contributed by atoms with Gasteiger partial charge in [0.15, 0.2) is 0 Å². The van der Waals surface area contributed by atoms with Crippen LogP contribution in [0, 0.1) is 16.7 Å². The van der Waals surface area contributed by atoms with Gasteiger partial charge in [0, 0.05) is 31.9 Å². The van der Waals surface area contributed by atoms with Crippen LogP contribution in [0.2, 0.25) is 0 Å². The van der Waals surface area contributed by atoms with Crippen molar-refractivity contribution in [3.05, 3.63) is 29.8 Å². The topological polar surface area (TPSA) is 56.6 Å². The van der Waals surface area contributed by atoms with Crippen molar-refractivity contribution >= 4 is 11.6 Å². The van der Waals surface area contributed by atoms with Gasteiger partial charge in [-0.1, -0.05) is 12.1 Å². The number of amides is 1. The maximum Gasteiger partial charge on any atom is 0.256 e. The molecule has 5 heteroatoms. The second-order valence-electron chi connectivity index (χ2n) is 6.62. The molecule has 2 aliphatic rings. The van der Waals surface area contributed by atoms with Crippen LogP contribution in [-0.4, -0.2) is 50.2 Å². The van der Waals surface area contributed by atoms with E-state index in [0.717, 1.165) is 43.7 Å². The van der Waals surface area contributed by atoms with Gasteiger partial charge in [0.05, 0.1) is 30.3 Å². The van der Waals surface area contributed by atoms with Crippen LogP contribution in [0.25, 0.3) is 0 Å². The highest BCUT2D eigenvalue weighted by atomic mass is 16.5. The van der Waals surface area contributed by atoms with E-state index >= 15 is 0 Å². The Morgan fingerprint density at radius 1 is 1.26 bits per heavy atom. The number of morpholine rings is 1. The first kappa shape index (κ1) is 15.8. The van der Waals surface area contributed by atoms with Crippen LogP contribution < -0.4 is 4.90 Å². The molecule has 122 valence electrons. The molecule has 0 aromatic heterocycles. The molecule has 5 nitrogen and oxygen atoms in total. The van der Waals surface area contributed by atoms with Crippen molar-refractivity contribution < 1.29 is 9.53 Å². The average Bonchev–Trinajstić information content (AvgIpc) is 2.62. The van der Waals surface area contributed by atoms with Crippen molar-refractivity contribution in [3.63, 3.8) is 0 Å². The number of para-hydroxylation sites is 1. The van der Waals surface area contributed by atoms with E-state index in [0.29, 0.717) is 19.8 Å². The maximum absolute atomic E-state index is 13.0. The van der Waals surface area contributed by atoms with E-state index in [9.17, 15) is 10.1 Å². The molecule has 1 aromatic carbocycles. The molecule has 0 saturated carbocycles. The zero-order valence-electron chi connectivity index (χ0n) is 13.6. The van der Waals surface area contributed by atoms with Crippen molar-refractivity contribution in [1.29, 1.82) is 5.26 Å². The Labute approximate surface area is 137 Å². The predicted molar refractivity (Wildman–Crippen MR) is 88.3 cm³/mol. The van der Waals surface area contributed by atoms with Crippen LogP contribution >= 0.6 is 0 Å². The summed E-state index contributed by atoms with van der Waals surface area (Å²) in [7, 11) is 0. The molecule has 1 aromatic rings. The molecular formula is C18H23N3O2. The van der Waals surface area contributed by atoms with E-state index in [1.807, 2.05) is 36.1 Å². The van der Waals surface area contributed by atoms with Gasteiger partial charge in [-0.2, -0.15) is 5.26 Å². The lowest BCUT2D eigenvalue weighted by Crippen LogP contribution is -2.45. The molecule has 0 bridgehead atoms. The predicted octanol–water partition coefficient (Wildman–Crippen LogP) is 2.29. The monoisotopic (exact) mass is 313 g/mol. The van der Waals surface area contributed by atoms with Crippen LogP contribution in [0.5, 0.6) is 0 Å². The molecule has 1 atom stereocenters. The summed E-state index contributed by atoms with van der Waals surface area (Å²) >= 11 is 0. The van der Waals surface area contributed by atoms with Gasteiger partial charge in [0.25, 0.3) is 5.91 Å². The molecule has 1 amide bonds. The Bertz CT molecular complexity index is 619. The quantitative estimate of drug-likeness (QED) is 0.840. The van der Waals surface area contributed by atoms with E-state index < -0.39 is 5.41 Å². The van der Waals surface area contributed by atoms with Gasteiger partial charge in [-0.3, -0.25) is 4.79 Å². The summed E-state index contributed by atoms with van der Waals surface area (Å²) in [6.07, 6.45) is 1.74. The van der Waals surface area contributed by atoms with Crippen molar-refractivity contribution in [2.75, 3.05) is 44.3 Å². The number of hydrogen-bond donors (Lipinski definition) is 0. The first-order valence-corrected chi connectivity index (χ1v) is 8.25. The second-order valence-corrected chi connectivity index (χ2v) is 6.62. The molecule has 0 N–H and O–H groups in total. The molecule has 2 aliphatic heterocycles. The summed E-state index contributed by atoms with van der Waals surface area (Å²) in [5.74, 6) is 0.0354. The number of hydrogen-bond acceptors (Lipinski definition) is 4. The highest BCUT2D eigenvalue weighted by Gasteiger charge is 2.34. The van der Waals surface area contributed by atoms with Crippen LogP contribution in [-0.2, 0) is 4.74 Å². The van der Waals surface area contributed by atoms with Gasteiger partial charge < -0.3 is 14.5 Å². The Hall–Kier alpha value is -2.06. The summed E-state index contributed by atoms with van der Waals surface area (Å²) in [6.45, 7) is 6.19. The largest absolute Gasteiger partial charge is 0.378 e. The average molecular weight is 313 g/mol. The lowest BCUT2D eigenvalue weighted by atomic mass is 9.83. The first-order valence-electron chi connectivity index (χ1n) is 8.25. The molecule has 0 radical (unpaired) electrons. The SMILES string of the molecule is C[C@]1(C#N)CCCN(C(=O)c2ccccc2N2CCOCC2)C1. The van der Waals surface area contributed by atoms with Crippen molar-refractivity contribution in [1.82, 2.24) is 4.90 Å². The maximum atomic E-state index is 13.0. The minimum atomic E-state index is -0.429. The number of nitrogens with zero attached hydrogens (tertiary/aromatic N) is 3. The number of nitriles is 1. The van der Waals surface area contributed by atoms with E-state index in [1.54, 1.807) is 0 Å². The third-order valence-corrected chi connectivity index (χ3v) is 4.74. The third-order valence-electron chi connectivity index (χ3n) is 4.74. The number of carbonyl (C=O) groups excluding carboxylic acids is 1. The number of benzene rings is 1. The summed E-state index contributed by atoms with van der Waals surface area (Å²) < 4.78 is 5.41. The summed E-state index contributed by atoms with van der Waals surface area (Å²) in [6, 6.07) is 10.2. The van der Waals surface area contributed by atoms with Gasteiger partial charge >= 0.3 is 0 Å². The minimum Gasteiger partial charge on any atom is -0.378 e. The standard InChI is InChI=1S/C18H23N3O2/c1-18(13-19)7-4-8-21(14-18)17(22)15-5-2-3-6-16(15)20-9-11-23-12-10-20/h2-3,5-6H,4,7-12,14H2,1H3/t18-/m1/s1. The van der Waals surface area contributed by atoms with E-state index in [1.165, 1.54) is 0 Å². The molecule has 23 heavy (non-hydrogen) atoms. The lowest BCUT2D eigenvalue weighted by Gasteiger charge is -2.37. The molecule has 0 unspecified atom stereocenters. The smallest absolute Gasteiger partial charge is 0.256 e. The van der Waals surface area contributed by atoms with Gasteiger partial charge in [0.2, 0.25) is 0 Å². The normalized spacial score (nSPS) is 25.0. The molecule has 0 aliphatic carbocycles. The summed E-state index contributed by atoms with van der Waals surface area (Å²) in [5, 5.41) is 9.37. The lowest BCUT2D eigenvalue weighted by molar-refractivity contribution is 0.0629. The van der Waals surface area contributed by atoms with Crippen LogP contribution in [0.3, 0.4) is 0 Å². The number of carbonyl (C=O) groups is 1. The second kappa shape index (κ2) is 6.59. The molecule has 0 spiro atoms. The summed E-state index contributed by atoms with van der Waals surface area (Å²) in [4.78, 5) is 17.1. The van der Waals surface area contributed by atoms with Gasteiger partial charge in [-0.25, -0.2) is 0 Å². The van der Waals surface area contributed by atoms with E-state index in [-0.39, 0.29) is 5.91 Å². The zero-order valence-corrected chi connectivity index (χ0v) is 13.6.